The molecule has 2 aromatic carbocycles. The molecule has 1 unspecified atom stereocenters. The van der Waals surface area contributed by atoms with Crippen LogP contribution in [0.15, 0.2) is 35.2 Å². The largest absolute Gasteiger partial charge is 0.496 e. The zero-order chi connectivity index (χ0) is 27.6. The van der Waals surface area contributed by atoms with Crippen LogP contribution in [-0.2, 0) is 24.1 Å². The minimum atomic E-state index is -0.784. The average molecular weight is 554 g/mol. The van der Waals surface area contributed by atoms with Crippen LogP contribution in [0.25, 0.3) is 11.3 Å². The molecular formula is C31H39NO6S. The van der Waals surface area contributed by atoms with Crippen LogP contribution in [0.5, 0.6) is 23.0 Å². The normalized spacial score (nSPS) is 14.4. The first kappa shape index (κ1) is 28.7. The van der Waals surface area contributed by atoms with E-state index in [1.54, 1.807) is 18.4 Å². The summed E-state index contributed by atoms with van der Waals surface area (Å²) in [6.45, 7) is 5.34. The quantitative estimate of drug-likeness (QED) is 0.200. The van der Waals surface area contributed by atoms with Crippen molar-refractivity contribution in [3.8, 4) is 34.3 Å². The Morgan fingerprint density at radius 3 is 2.46 bits per heavy atom. The molecule has 0 amide bonds. The second-order valence-corrected chi connectivity index (χ2v) is 10.5. The van der Waals surface area contributed by atoms with E-state index in [0.29, 0.717) is 19.6 Å². The van der Waals surface area contributed by atoms with Gasteiger partial charge in [-0.15, -0.1) is 11.3 Å². The van der Waals surface area contributed by atoms with Gasteiger partial charge in [-0.1, -0.05) is 32.8 Å². The molecule has 1 aromatic heterocycles. The Morgan fingerprint density at radius 2 is 1.79 bits per heavy atom. The van der Waals surface area contributed by atoms with Gasteiger partial charge in [0.1, 0.15) is 23.0 Å². The van der Waals surface area contributed by atoms with Gasteiger partial charge in [0.05, 0.1) is 37.6 Å². The Labute approximate surface area is 235 Å². The summed E-state index contributed by atoms with van der Waals surface area (Å²) in [5.41, 5.74) is 7.07. The fraction of sp³-hybridized carbons (Fsp3) is 0.484. The molecule has 1 aliphatic rings. The SMILES string of the molecule is CCCc1c(OCCCOc2ccc(-c3cscn3)c(OC)c2CCC)ccc2c1OC(CCC(=O)O)CC2. The third-order valence-corrected chi connectivity index (χ3v) is 7.52. The number of nitrogens with zero attached hydrogens (tertiary/aromatic N) is 1. The number of aliphatic carboxylic acids is 1. The fourth-order valence-corrected chi connectivity index (χ4v) is 5.64. The molecule has 8 heteroatoms. The van der Waals surface area contributed by atoms with E-state index >= 15 is 0 Å². The summed E-state index contributed by atoms with van der Waals surface area (Å²) in [6, 6.07) is 8.17. The average Bonchev–Trinajstić information content (AvgIpc) is 3.48. The van der Waals surface area contributed by atoms with E-state index in [2.05, 4.69) is 24.9 Å². The lowest BCUT2D eigenvalue weighted by Gasteiger charge is -2.29. The highest BCUT2D eigenvalue weighted by Crippen LogP contribution is 2.40. The number of aryl methyl sites for hydroxylation is 1. The van der Waals surface area contributed by atoms with Gasteiger partial charge < -0.3 is 24.1 Å². The fourth-order valence-electron chi connectivity index (χ4n) is 5.09. The molecule has 0 saturated carbocycles. The number of rotatable bonds is 15. The third-order valence-electron chi connectivity index (χ3n) is 6.93. The summed E-state index contributed by atoms with van der Waals surface area (Å²) in [5.74, 6) is 2.62. The summed E-state index contributed by atoms with van der Waals surface area (Å²) in [6.07, 6.45) is 6.72. The van der Waals surface area contributed by atoms with Crippen molar-refractivity contribution in [2.24, 2.45) is 0 Å². The highest BCUT2D eigenvalue weighted by Gasteiger charge is 2.25. The van der Waals surface area contributed by atoms with Crippen molar-refractivity contribution >= 4 is 17.3 Å². The maximum atomic E-state index is 11.0. The second-order valence-electron chi connectivity index (χ2n) is 9.79. The zero-order valence-corrected chi connectivity index (χ0v) is 24.0. The number of aromatic nitrogens is 1. The number of thiazole rings is 1. The Kier molecular flexibility index (Phi) is 10.5. The van der Waals surface area contributed by atoms with Crippen LogP contribution in [0.3, 0.4) is 0 Å². The van der Waals surface area contributed by atoms with E-state index in [-0.39, 0.29) is 12.5 Å². The van der Waals surface area contributed by atoms with Gasteiger partial charge in [-0.25, -0.2) is 4.98 Å². The molecule has 0 spiro atoms. The number of methoxy groups -OCH3 is 1. The number of carboxylic acid groups (broad SMARTS) is 1. The molecule has 7 nitrogen and oxygen atoms in total. The van der Waals surface area contributed by atoms with Gasteiger partial charge in [0.25, 0.3) is 0 Å². The van der Waals surface area contributed by atoms with Crippen LogP contribution >= 0.6 is 11.3 Å². The smallest absolute Gasteiger partial charge is 0.303 e. The Morgan fingerprint density at radius 1 is 1.08 bits per heavy atom. The number of carboxylic acids is 1. The van der Waals surface area contributed by atoms with Gasteiger partial charge >= 0.3 is 5.97 Å². The Balaban J connectivity index is 1.39. The molecule has 0 bridgehead atoms. The van der Waals surface area contributed by atoms with E-state index in [4.69, 9.17) is 24.1 Å². The van der Waals surface area contributed by atoms with E-state index < -0.39 is 5.97 Å². The van der Waals surface area contributed by atoms with Crippen LogP contribution in [0.1, 0.15) is 69.1 Å². The van der Waals surface area contributed by atoms with Crippen LogP contribution in [0.2, 0.25) is 0 Å². The lowest BCUT2D eigenvalue weighted by atomic mass is 9.95. The zero-order valence-electron chi connectivity index (χ0n) is 23.2. The first-order valence-corrected chi connectivity index (χ1v) is 14.9. The number of ether oxygens (including phenoxy) is 4. The highest BCUT2D eigenvalue weighted by molar-refractivity contribution is 7.07. The minimum Gasteiger partial charge on any atom is -0.496 e. The molecule has 0 radical (unpaired) electrons. The Hall–Kier alpha value is -3.26. The number of hydrogen-bond donors (Lipinski definition) is 1. The summed E-state index contributed by atoms with van der Waals surface area (Å²) < 4.78 is 24.6. The van der Waals surface area contributed by atoms with Crippen molar-refractivity contribution < 1.29 is 28.8 Å². The molecule has 1 atom stereocenters. The summed E-state index contributed by atoms with van der Waals surface area (Å²) in [5, 5.41) is 11.1. The van der Waals surface area contributed by atoms with Gasteiger partial charge in [0.2, 0.25) is 0 Å². The van der Waals surface area contributed by atoms with Gasteiger partial charge in [-0.3, -0.25) is 4.79 Å². The van der Waals surface area contributed by atoms with E-state index in [1.807, 2.05) is 29.1 Å². The molecule has 0 fully saturated rings. The maximum absolute atomic E-state index is 11.0. The second kappa shape index (κ2) is 14.2. The first-order valence-electron chi connectivity index (χ1n) is 13.9. The van der Waals surface area contributed by atoms with Gasteiger partial charge in [-0.05, 0) is 55.9 Å². The van der Waals surface area contributed by atoms with Crippen LogP contribution in [-0.4, -0.2) is 42.5 Å². The van der Waals surface area contributed by atoms with Gasteiger partial charge in [0, 0.05) is 34.9 Å². The summed E-state index contributed by atoms with van der Waals surface area (Å²) >= 11 is 1.57. The summed E-state index contributed by atoms with van der Waals surface area (Å²) in [7, 11) is 1.70. The topological polar surface area (TPSA) is 87.1 Å². The molecule has 2 heterocycles. The van der Waals surface area contributed by atoms with Crippen molar-refractivity contribution in [3.05, 3.63) is 51.8 Å². The van der Waals surface area contributed by atoms with Crippen molar-refractivity contribution in [2.75, 3.05) is 20.3 Å². The van der Waals surface area contributed by atoms with Crippen LogP contribution in [0.4, 0.5) is 0 Å². The third kappa shape index (κ3) is 7.24. The van der Waals surface area contributed by atoms with Crippen molar-refractivity contribution in [1.29, 1.82) is 0 Å². The molecule has 1 N–H and O–H groups in total. The minimum absolute atomic E-state index is 0.0657. The predicted octanol–water partition coefficient (Wildman–Crippen LogP) is 7.13. The van der Waals surface area contributed by atoms with Crippen molar-refractivity contribution in [1.82, 2.24) is 4.98 Å². The number of fused-ring (bicyclic) bond motifs is 1. The molecule has 0 saturated heterocycles. The number of hydrogen-bond acceptors (Lipinski definition) is 7. The first-order chi connectivity index (χ1) is 19.0. The molecular weight excluding hydrogens is 514 g/mol. The predicted molar refractivity (Wildman–Crippen MR) is 154 cm³/mol. The molecule has 210 valence electrons. The van der Waals surface area contributed by atoms with Crippen LogP contribution in [0, 0.1) is 0 Å². The lowest BCUT2D eigenvalue weighted by molar-refractivity contribution is -0.137. The van der Waals surface area contributed by atoms with Crippen LogP contribution < -0.4 is 18.9 Å². The highest BCUT2D eigenvalue weighted by atomic mass is 32.1. The van der Waals surface area contributed by atoms with Gasteiger partial charge in [0.15, 0.2) is 0 Å². The maximum Gasteiger partial charge on any atom is 0.303 e. The van der Waals surface area contributed by atoms with Crippen molar-refractivity contribution in [2.45, 2.75) is 77.7 Å². The van der Waals surface area contributed by atoms with Gasteiger partial charge in [-0.2, -0.15) is 0 Å². The number of benzene rings is 2. The molecule has 1 aliphatic heterocycles. The monoisotopic (exact) mass is 553 g/mol. The molecule has 4 rings (SSSR count). The van der Waals surface area contributed by atoms with E-state index in [9.17, 15) is 4.79 Å². The molecule has 0 aliphatic carbocycles. The van der Waals surface area contributed by atoms with E-state index in [1.165, 1.54) is 5.56 Å². The van der Waals surface area contributed by atoms with Crippen molar-refractivity contribution in [3.63, 3.8) is 0 Å². The summed E-state index contributed by atoms with van der Waals surface area (Å²) in [4.78, 5) is 15.5. The molecule has 39 heavy (non-hydrogen) atoms. The molecule has 3 aromatic rings. The van der Waals surface area contributed by atoms with E-state index in [0.717, 1.165) is 90.3 Å². The number of carbonyl (C=O) groups is 1. The lowest BCUT2D eigenvalue weighted by Crippen LogP contribution is -2.24. The standard InChI is InChI=1S/C31H39NO6S/c1-4-7-24-27(14-10-21-9-11-22(38-30(21)24)12-16-29(33)34)36-17-6-18-37-28-15-13-23(26-19-39-20-32-26)31(35-3)25(28)8-5-2/h10,13-15,19-20,22H,4-9,11-12,16-18H2,1-3H3,(H,33,34). The Bertz CT molecular complexity index is 1230.